The molecule has 1 saturated carbocycles. The van der Waals surface area contributed by atoms with Crippen LogP contribution in [0.3, 0.4) is 0 Å². The second-order valence-corrected chi connectivity index (χ2v) is 13.2. The number of halogens is 1. The van der Waals surface area contributed by atoms with E-state index >= 15 is 0 Å². The SMILES string of the molecule is CCCCC1CN(CC2CCCCC2)C(=O)OC12CCN(C1CCN(C(=O)c3c(C)cc(F)cc3C)CC1)CC2. The molecule has 0 radical (unpaired) electrons. The van der Waals surface area contributed by atoms with Gasteiger partial charge in [0.15, 0.2) is 0 Å². The van der Waals surface area contributed by atoms with E-state index in [1.165, 1.54) is 57.1 Å². The number of hydrogen-bond donors (Lipinski definition) is 0. The molecule has 0 N–H and O–H groups in total. The van der Waals surface area contributed by atoms with Crippen molar-refractivity contribution in [3.63, 3.8) is 0 Å². The molecule has 3 aliphatic heterocycles. The van der Waals surface area contributed by atoms with E-state index in [-0.39, 0.29) is 23.4 Å². The molecule has 1 atom stereocenters. The van der Waals surface area contributed by atoms with Crippen molar-refractivity contribution in [3.05, 3.63) is 34.6 Å². The number of carbonyl (C=O) groups excluding carboxylic acids is 2. The number of amides is 2. The number of piperidine rings is 2. The van der Waals surface area contributed by atoms with Gasteiger partial charge in [0.2, 0.25) is 0 Å². The molecule has 4 aliphatic rings. The number of nitrogens with zero attached hydrogens (tertiary/aromatic N) is 3. The quantitative estimate of drug-likeness (QED) is 0.375. The fourth-order valence-corrected chi connectivity index (χ4v) is 8.08. The van der Waals surface area contributed by atoms with E-state index in [0.29, 0.717) is 34.6 Å². The van der Waals surface area contributed by atoms with Gasteiger partial charge in [-0.3, -0.25) is 9.69 Å². The minimum atomic E-state index is -0.319. The molecule has 6 nitrogen and oxygen atoms in total. The molecule has 40 heavy (non-hydrogen) atoms. The zero-order chi connectivity index (χ0) is 28.3. The van der Waals surface area contributed by atoms with E-state index in [1.807, 2.05) is 23.6 Å². The van der Waals surface area contributed by atoms with Crippen molar-refractivity contribution in [2.45, 2.75) is 109 Å². The van der Waals surface area contributed by atoms with Gasteiger partial charge in [-0.25, -0.2) is 9.18 Å². The van der Waals surface area contributed by atoms with E-state index in [1.54, 1.807) is 0 Å². The predicted octanol–water partition coefficient (Wildman–Crippen LogP) is 6.72. The molecule has 1 aromatic carbocycles. The summed E-state index contributed by atoms with van der Waals surface area (Å²) >= 11 is 0. The van der Waals surface area contributed by atoms with E-state index in [9.17, 15) is 14.0 Å². The minimum absolute atomic E-state index is 0.0247. The van der Waals surface area contributed by atoms with Crippen LogP contribution in [-0.2, 0) is 4.74 Å². The zero-order valence-electron chi connectivity index (χ0n) is 25.1. The normalized spacial score (nSPS) is 24.9. The zero-order valence-corrected chi connectivity index (χ0v) is 25.1. The summed E-state index contributed by atoms with van der Waals surface area (Å²) in [6.45, 7) is 11.0. The lowest BCUT2D eigenvalue weighted by atomic mass is 9.75. The number of aryl methyl sites for hydroxylation is 2. The van der Waals surface area contributed by atoms with Gasteiger partial charge in [-0.2, -0.15) is 0 Å². The van der Waals surface area contributed by atoms with Gasteiger partial charge in [-0.05, 0) is 75.1 Å². The number of carbonyl (C=O) groups is 2. The lowest BCUT2D eigenvalue weighted by molar-refractivity contribution is -0.127. The standard InChI is InChI=1S/C33H50FN3O3/c1-4-5-11-27-23-37(22-26-9-7-6-8-10-26)32(39)40-33(27)14-18-35(19-15-33)29-12-16-36(17-13-29)31(38)30-24(2)20-28(34)21-25(30)3/h20-21,26-27,29H,4-19,22-23H2,1-3H3. The number of ether oxygens (including phenoxy) is 1. The molecular weight excluding hydrogens is 505 g/mol. The molecule has 222 valence electrons. The largest absolute Gasteiger partial charge is 0.442 e. The van der Waals surface area contributed by atoms with Crippen LogP contribution in [0.4, 0.5) is 9.18 Å². The Bertz CT molecular complexity index is 1020. The van der Waals surface area contributed by atoms with Crippen molar-refractivity contribution in [1.82, 2.24) is 14.7 Å². The summed E-state index contributed by atoms with van der Waals surface area (Å²) in [5, 5.41) is 0. The number of hydrogen-bond acceptors (Lipinski definition) is 4. The summed E-state index contributed by atoms with van der Waals surface area (Å²) in [7, 11) is 0. The van der Waals surface area contributed by atoms with Crippen molar-refractivity contribution in [3.8, 4) is 0 Å². The first-order chi connectivity index (χ1) is 19.3. The molecule has 7 heteroatoms. The number of benzene rings is 1. The van der Waals surface area contributed by atoms with Gasteiger partial charge in [-0.15, -0.1) is 0 Å². The Hall–Kier alpha value is -2.15. The first kappa shape index (κ1) is 29.3. The Labute approximate surface area is 240 Å². The monoisotopic (exact) mass is 555 g/mol. The summed E-state index contributed by atoms with van der Waals surface area (Å²) in [5.74, 6) is 0.789. The van der Waals surface area contributed by atoms with Gasteiger partial charge in [-0.1, -0.05) is 39.0 Å². The molecule has 5 rings (SSSR count). The van der Waals surface area contributed by atoms with Crippen LogP contribution in [0.5, 0.6) is 0 Å². The van der Waals surface area contributed by atoms with Gasteiger partial charge in [0, 0.05) is 69.6 Å². The fraction of sp³-hybridized carbons (Fsp3) is 0.758. The highest BCUT2D eigenvalue weighted by molar-refractivity contribution is 5.97. The summed E-state index contributed by atoms with van der Waals surface area (Å²) in [6, 6.07) is 3.36. The molecule has 4 fully saturated rings. The van der Waals surface area contributed by atoms with Gasteiger partial charge < -0.3 is 14.5 Å². The van der Waals surface area contributed by atoms with Crippen molar-refractivity contribution in [2.24, 2.45) is 11.8 Å². The van der Waals surface area contributed by atoms with Crippen LogP contribution in [0.2, 0.25) is 0 Å². The van der Waals surface area contributed by atoms with Crippen molar-refractivity contribution in [1.29, 1.82) is 0 Å². The third-order valence-corrected chi connectivity index (χ3v) is 10.5. The number of rotatable bonds is 7. The third-order valence-electron chi connectivity index (χ3n) is 10.5. The van der Waals surface area contributed by atoms with Crippen LogP contribution in [0.25, 0.3) is 0 Å². The number of likely N-dealkylation sites (tertiary alicyclic amines) is 2. The lowest BCUT2D eigenvalue weighted by Crippen LogP contribution is -2.61. The topological polar surface area (TPSA) is 53.1 Å². The number of unbranched alkanes of at least 4 members (excludes halogenated alkanes) is 1. The summed E-state index contributed by atoms with van der Waals surface area (Å²) < 4.78 is 20.2. The first-order valence-electron chi connectivity index (χ1n) is 16.1. The molecule has 3 saturated heterocycles. The van der Waals surface area contributed by atoms with E-state index in [4.69, 9.17) is 4.74 Å². The maximum absolute atomic E-state index is 13.8. The minimum Gasteiger partial charge on any atom is -0.442 e. The molecule has 1 aliphatic carbocycles. The highest BCUT2D eigenvalue weighted by Crippen LogP contribution is 2.42. The Balaban J connectivity index is 1.16. The molecule has 2 amide bonds. The summed E-state index contributed by atoms with van der Waals surface area (Å²) in [5.41, 5.74) is 1.75. The average Bonchev–Trinajstić information content (AvgIpc) is 2.94. The molecule has 1 unspecified atom stereocenters. The first-order valence-corrected chi connectivity index (χ1v) is 16.1. The Kier molecular flexibility index (Phi) is 9.38. The molecule has 3 heterocycles. The van der Waals surface area contributed by atoms with E-state index in [2.05, 4.69) is 11.8 Å². The van der Waals surface area contributed by atoms with Crippen molar-refractivity contribution in [2.75, 3.05) is 39.3 Å². The van der Waals surface area contributed by atoms with E-state index in [0.717, 1.165) is 71.4 Å². The highest BCUT2D eigenvalue weighted by Gasteiger charge is 2.50. The highest BCUT2D eigenvalue weighted by atomic mass is 19.1. The predicted molar refractivity (Wildman–Crippen MR) is 156 cm³/mol. The second kappa shape index (κ2) is 12.8. The maximum Gasteiger partial charge on any atom is 0.410 e. The summed E-state index contributed by atoms with van der Waals surface area (Å²) in [6.07, 6.45) is 13.6. The van der Waals surface area contributed by atoms with Gasteiger partial charge in [0.25, 0.3) is 5.91 Å². The van der Waals surface area contributed by atoms with Crippen LogP contribution in [0.15, 0.2) is 12.1 Å². The maximum atomic E-state index is 13.8. The fourth-order valence-electron chi connectivity index (χ4n) is 8.08. The van der Waals surface area contributed by atoms with Crippen LogP contribution in [0, 0.1) is 31.5 Å². The van der Waals surface area contributed by atoms with Crippen LogP contribution in [-0.4, -0.2) is 77.6 Å². The molecule has 0 aromatic heterocycles. The third kappa shape index (κ3) is 6.34. The van der Waals surface area contributed by atoms with Crippen molar-refractivity contribution >= 4 is 12.0 Å². The molecule has 0 bridgehead atoms. The van der Waals surface area contributed by atoms with Gasteiger partial charge in [0.05, 0.1) is 0 Å². The van der Waals surface area contributed by atoms with E-state index < -0.39 is 0 Å². The Morgan fingerprint density at radius 3 is 2.27 bits per heavy atom. The molecule has 1 spiro atoms. The Morgan fingerprint density at radius 2 is 1.65 bits per heavy atom. The van der Waals surface area contributed by atoms with Crippen LogP contribution in [0.1, 0.15) is 105 Å². The second-order valence-electron chi connectivity index (χ2n) is 13.2. The van der Waals surface area contributed by atoms with Crippen LogP contribution >= 0.6 is 0 Å². The van der Waals surface area contributed by atoms with Crippen molar-refractivity contribution < 1.29 is 18.7 Å². The smallest absolute Gasteiger partial charge is 0.410 e. The lowest BCUT2D eigenvalue weighted by Gasteiger charge is -2.52. The van der Waals surface area contributed by atoms with Gasteiger partial charge in [0.1, 0.15) is 11.4 Å². The molecular formula is C33H50FN3O3. The van der Waals surface area contributed by atoms with Crippen LogP contribution < -0.4 is 0 Å². The summed E-state index contributed by atoms with van der Waals surface area (Å²) in [4.78, 5) is 33.1. The Morgan fingerprint density at radius 1 is 1.00 bits per heavy atom. The molecule has 1 aromatic rings. The average molecular weight is 556 g/mol. The van der Waals surface area contributed by atoms with Gasteiger partial charge >= 0.3 is 6.09 Å².